The van der Waals surface area contributed by atoms with Crippen LogP contribution < -0.4 is 15.4 Å². The Morgan fingerprint density at radius 1 is 1.32 bits per heavy atom. The molecule has 1 aromatic carbocycles. The molecule has 1 rings (SSSR count). The molecular weight excluding hydrogens is 243 g/mol. The van der Waals surface area contributed by atoms with E-state index in [1.165, 1.54) is 18.9 Å². The standard InChI is InChI=1S/C15H25FN2O/c1-5-6-7-8-18(4)14-10-15(19-11(2)3)12(16)9-13(14)17/h9-11H,5-8,17H2,1-4H3. The number of rotatable bonds is 7. The molecule has 0 atom stereocenters. The van der Waals surface area contributed by atoms with Crippen LogP contribution in [-0.2, 0) is 0 Å². The van der Waals surface area contributed by atoms with Crippen molar-refractivity contribution in [1.82, 2.24) is 0 Å². The predicted octanol–water partition coefficient (Wildman–Crippen LogP) is 3.82. The van der Waals surface area contributed by atoms with E-state index in [0.29, 0.717) is 5.69 Å². The summed E-state index contributed by atoms with van der Waals surface area (Å²) in [5.74, 6) is -0.140. The summed E-state index contributed by atoms with van der Waals surface area (Å²) in [6, 6.07) is 3.03. The number of benzene rings is 1. The highest BCUT2D eigenvalue weighted by atomic mass is 19.1. The molecule has 3 nitrogen and oxygen atoms in total. The fourth-order valence-corrected chi connectivity index (χ4v) is 1.95. The van der Waals surface area contributed by atoms with Gasteiger partial charge in [0.1, 0.15) is 0 Å². The third kappa shape index (κ3) is 4.62. The van der Waals surface area contributed by atoms with E-state index in [2.05, 4.69) is 11.8 Å². The Balaban J connectivity index is 2.87. The van der Waals surface area contributed by atoms with E-state index in [9.17, 15) is 4.39 Å². The van der Waals surface area contributed by atoms with E-state index in [0.717, 1.165) is 18.7 Å². The number of nitrogens with two attached hydrogens (primary N) is 1. The molecule has 0 radical (unpaired) electrons. The van der Waals surface area contributed by atoms with E-state index < -0.39 is 5.82 Å². The highest BCUT2D eigenvalue weighted by Gasteiger charge is 2.13. The number of ether oxygens (including phenoxy) is 1. The van der Waals surface area contributed by atoms with E-state index in [1.54, 1.807) is 6.07 Å². The number of halogens is 1. The second-order valence-corrected chi connectivity index (χ2v) is 5.14. The van der Waals surface area contributed by atoms with Crippen molar-refractivity contribution < 1.29 is 9.13 Å². The van der Waals surface area contributed by atoms with Gasteiger partial charge in [-0.1, -0.05) is 19.8 Å². The summed E-state index contributed by atoms with van der Waals surface area (Å²) in [7, 11) is 1.97. The molecule has 0 heterocycles. The van der Waals surface area contributed by atoms with Crippen molar-refractivity contribution in [2.75, 3.05) is 24.2 Å². The first-order valence-electron chi connectivity index (χ1n) is 6.92. The van der Waals surface area contributed by atoms with Gasteiger partial charge in [-0.3, -0.25) is 0 Å². The molecule has 0 saturated heterocycles. The molecular formula is C15H25FN2O. The normalized spacial score (nSPS) is 10.8. The summed E-state index contributed by atoms with van der Waals surface area (Å²) in [6.45, 7) is 6.83. The number of nitrogen functional groups attached to an aromatic ring is 1. The molecule has 0 amide bonds. The molecule has 0 spiro atoms. The van der Waals surface area contributed by atoms with Crippen LogP contribution >= 0.6 is 0 Å². The molecule has 4 heteroatoms. The Morgan fingerprint density at radius 3 is 2.58 bits per heavy atom. The second-order valence-electron chi connectivity index (χ2n) is 5.14. The second kappa shape index (κ2) is 7.22. The van der Waals surface area contributed by atoms with Gasteiger partial charge in [-0.2, -0.15) is 0 Å². The lowest BCUT2D eigenvalue weighted by Gasteiger charge is -2.22. The molecule has 0 aromatic heterocycles. The average molecular weight is 268 g/mol. The zero-order valence-electron chi connectivity index (χ0n) is 12.4. The molecule has 0 saturated carbocycles. The SMILES string of the molecule is CCCCCN(C)c1cc(OC(C)C)c(F)cc1N. The van der Waals surface area contributed by atoms with Crippen LogP contribution in [0.3, 0.4) is 0 Å². The van der Waals surface area contributed by atoms with Gasteiger partial charge in [-0.05, 0) is 20.3 Å². The van der Waals surface area contributed by atoms with Gasteiger partial charge in [0.15, 0.2) is 11.6 Å². The van der Waals surface area contributed by atoms with Crippen molar-refractivity contribution in [3.8, 4) is 5.75 Å². The first kappa shape index (κ1) is 15.6. The Kier molecular flexibility index (Phi) is 5.93. The zero-order chi connectivity index (χ0) is 14.4. The molecule has 19 heavy (non-hydrogen) atoms. The highest BCUT2D eigenvalue weighted by molar-refractivity contribution is 5.69. The van der Waals surface area contributed by atoms with Crippen LogP contribution in [0, 0.1) is 5.82 Å². The topological polar surface area (TPSA) is 38.5 Å². The van der Waals surface area contributed by atoms with Crippen LogP contribution in [0.15, 0.2) is 12.1 Å². The van der Waals surface area contributed by atoms with Gasteiger partial charge in [0.2, 0.25) is 0 Å². The number of unbranched alkanes of at least 4 members (excludes halogenated alkanes) is 2. The number of hydrogen-bond acceptors (Lipinski definition) is 3. The van der Waals surface area contributed by atoms with Crippen molar-refractivity contribution in [1.29, 1.82) is 0 Å². The summed E-state index contributed by atoms with van der Waals surface area (Å²) in [5.41, 5.74) is 7.17. The molecule has 0 bridgehead atoms. The third-order valence-electron chi connectivity index (χ3n) is 2.95. The Hall–Kier alpha value is -1.45. The fraction of sp³-hybridized carbons (Fsp3) is 0.600. The van der Waals surface area contributed by atoms with Gasteiger partial charge in [-0.15, -0.1) is 0 Å². The van der Waals surface area contributed by atoms with Gasteiger partial charge >= 0.3 is 0 Å². The summed E-state index contributed by atoms with van der Waals surface area (Å²) in [4.78, 5) is 2.05. The molecule has 1 aromatic rings. The Labute approximate surface area is 115 Å². The molecule has 0 fully saturated rings. The van der Waals surface area contributed by atoms with Crippen molar-refractivity contribution >= 4 is 11.4 Å². The Bertz CT molecular complexity index is 407. The van der Waals surface area contributed by atoms with Crippen LogP contribution in [-0.4, -0.2) is 19.7 Å². The zero-order valence-corrected chi connectivity index (χ0v) is 12.4. The molecule has 0 aliphatic heterocycles. The van der Waals surface area contributed by atoms with Gasteiger partial charge in [-0.25, -0.2) is 4.39 Å². The van der Waals surface area contributed by atoms with Gasteiger partial charge in [0.25, 0.3) is 0 Å². The third-order valence-corrected chi connectivity index (χ3v) is 2.95. The first-order chi connectivity index (χ1) is 8.95. The van der Waals surface area contributed by atoms with Crippen LogP contribution in [0.2, 0.25) is 0 Å². The minimum Gasteiger partial charge on any atom is -0.488 e. The minimum atomic E-state index is -0.406. The largest absolute Gasteiger partial charge is 0.488 e. The van der Waals surface area contributed by atoms with Gasteiger partial charge < -0.3 is 15.4 Å². The van der Waals surface area contributed by atoms with Crippen LogP contribution in [0.25, 0.3) is 0 Å². The van der Waals surface area contributed by atoms with Crippen molar-refractivity contribution in [3.05, 3.63) is 17.9 Å². The maximum atomic E-state index is 13.7. The van der Waals surface area contributed by atoms with Crippen molar-refractivity contribution in [3.63, 3.8) is 0 Å². The number of anilines is 2. The lowest BCUT2D eigenvalue weighted by atomic mass is 10.2. The smallest absolute Gasteiger partial charge is 0.167 e. The quantitative estimate of drug-likeness (QED) is 0.603. The first-order valence-corrected chi connectivity index (χ1v) is 6.92. The van der Waals surface area contributed by atoms with E-state index in [1.807, 2.05) is 20.9 Å². The minimum absolute atomic E-state index is 0.0589. The lowest BCUT2D eigenvalue weighted by molar-refractivity contribution is 0.231. The summed E-state index contributed by atoms with van der Waals surface area (Å²) in [6.07, 6.45) is 3.40. The highest BCUT2D eigenvalue weighted by Crippen LogP contribution is 2.31. The maximum Gasteiger partial charge on any atom is 0.167 e. The number of hydrogen-bond donors (Lipinski definition) is 1. The average Bonchev–Trinajstić information content (AvgIpc) is 2.32. The monoisotopic (exact) mass is 268 g/mol. The van der Waals surface area contributed by atoms with Crippen LogP contribution in [0.5, 0.6) is 5.75 Å². The van der Waals surface area contributed by atoms with E-state index >= 15 is 0 Å². The maximum absolute atomic E-state index is 13.7. The van der Waals surface area contributed by atoms with Crippen LogP contribution in [0.1, 0.15) is 40.0 Å². The molecule has 0 aliphatic rings. The molecule has 108 valence electrons. The van der Waals surface area contributed by atoms with Crippen LogP contribution in [0.4, 0.5) is 15.8 Å². The predicted molar refractivity (Wildman–Crippen MR) is 79.4 cm³/mol. The number of nitrogens with zero attached hydrogens (tertiary/aromatic N) is 1. The van der Waals surface area contributed by atoms with E-state index in [-0.39, 0.29) is 11.9 Å². The Morgan fingerprint density at radius 2 is 2.00 bits per heavy atom. The summed E-state index contributed by atoms with van der Waals surface area (Å²) < 4.78 is 19.2. The molecule has 2 N–H and O–H groups in total. The van der Waals surface area contributed by atoms with E-state index in [4.69, 9.17) is 10.5 Å². The lowest BCUT2D eigenvalue weighted by Crippen LogP contribution is -2.20. The van der Waals surface area contributed by atoms with Gasteiger partial charge in [0.05, 0.1) is 17.5 Å². The fourth-order valence-electron chi connectivity index (χ4n) is 1.95. The molecule has 0 unspecified atom stereocenters. The summed E-state index contributed by atoms with van der Waals surface area (Å²) in [5, 5.41) is 0. The van der Waals surface area contributed by atoms with Crippen molar-refractivity contribution in [2.24, 2.45) is 0 Å². The van der Waals surface area contributed by atoms with Gasteiger partial charge in [0, 0.05) is 25.7 Å². The summed E-state index contributed by atoms with van der Waals surface area (Å²) >= 11 is 0. The van der Waals surface area contributed by atoms with Crippen molar-refractivity contribution in [2.45, 2.75) is 46.1 Å². The molecule has 0 aliphatic carbocycles.